The number of hydrogen-bond donors (Lipinski definition) is 0. The molecule has 0 aromatic heterocycles. The molecule has 2 unspecified atom stereocenters. The molecular formula is C49H86O3. The Kier molecular flexibility index (Phi) is 19.5. The lowest BCUT2D eigenvalue weighted by Gasteiger charge is -2.57. The van der Waals surface area contributed by atoms with Crippen molar-refractivity contribution in [2.45, 2.75) is 246 Å². The summed E-state index contributed by atoms with van der Waals surface area (Å²) in [5.41, 5.74) is -0.613. The number of ketones is 3. The Hall–Kier alpha value is -0.990. The average Bonchev–Trinajstić information content (AvgIpc) is 3.20. The van der Waals surface area contributed by atoms with Gasteiger partial charge in [-0.05, 0) is 126 Å². The highest BCUT2D eigenvalue weighted by atomic mass is 16.1. The highest BCUT2D eigenvalue weighted by Crippen LogP contribution is 2.62. The minimum Gasteiger partial charge on any atom is -0.299 e. The number of unbranched alkanes of at least 4 members (excludes halogenated alkanes) is 2. The molecule has 0 radical (unpaired) electrons. The van der Waals surface area contributed by atoms with E-state index in [4.69, 9.17) is 0 Å². The van der Waals surface area contributed by atoms with Crippen LogP contribution in [0.25, 0.3) is 0 Å². The quantitative estimate of drug-likeness (QED) is 0.0996. The summed E-state index contributed by atoms with van der Waals surface area (Å²) < 4.78 is 0. The largest absolute Gasteiger partial charge is 0.299 e. The monoisotopic (exact) mass is 723 g/mol. The highest BCUT2D eigenvalue weighted by molar-refractivity contribution is 5.92. The summed E-state index contributed by atoms with van der Waals surface area (Å²) in [6.07, 6.45) is 38.5. The van der Waals surface area contributed by atoms with Gasteiger partial charge in [-0.25, -0.2) is 0 Å². The van der Waals surface area contributed by atoms with Crippen molar-refractivity contribution in [2.24, 2.45) is 46.3 Å². The zero-order chi connectivity index (χ0) is 37.2. The standard InChI is InChI=1S/C49H86O3/c1-5-9-33-45(50)39(23-7-3)35-37-48(41-25-15-11-16-26-41,42-27-17-12-18-28-42)47(52)49(43-29-19-13-20-30-43,44-31-21-14-22-32-44)38-36-40(24-8-4)46(51)34-10-6-2/h39-44H,5-38H2,1-4H3. The van der Waals surface area contributed by atoms with Crippen LogP contribution in [-0.4, -0.2) is 17.3 Å². The molecule has 0 saturated heterocycles. The van der Waals surface area contributed by atoms with Gasteiger partial charge in [0.2, 0.25) is 0 Å². The van der Waals surface area contributed by atoms with Gasteiger partial charge in [-0.1, -0.05) is 130 Å². The minimum atomic E-state index is -0.306. The van der Waals surface area contributed by atoms with Crippen molar-refractivity contribution in [1.29, 1.82) is 0 Å². The van der Waals surface area contributed by atoms with E-state index < -0.39 is 0 Å². The molecular weight excluding hydrogens is 637 g/mol. The van der Waals surface area contributed by atoms with Crippen LogP contribution >= 0.6 is 0 Å². The maximum absolute atomic E-state index is 17.1. The van der Waals surface area contributed by atoms with Crippen molar-refractivity contribution in [3.8, 4) is 0 Å². The van der Waals surface area contributed by atoms with Crippen LogP contribution in [0.1, 0.15) is 246 Å². The lowest BCUT2D eigenvalue weighted by molar-refractivity contribution is -0.164. The molecule has 3 nitrogen and oxygen atoms in total. The van der Waals surface area contributed by atoms with Gasteiger partial charge in [0, 0.05) is 35.5 Å². The fourth-order valence-corrected chi connectivity index (χ4v) is 12.9. The van der Waals surface area contributed by atoms with Crippen LogP contribution in [0.5, 0.6) is 0 Å². The van der Waals surface area contributed by atoms with Gasteiger partial charge in [-0.15, -0.1) is 0 Å². The maximum Gasteiger partial charge on any atom is 0.146 e. The summed E-state index contributed by atoms with van der Waals surface area (Å²) in [4.78, 5) is 44.9. The Bertz CT molecular complexity index is 903. The van der Waals surface area contributed by atoms with E-state index in [2.05, 4.69) is 27.7 Å². The summed E-state index contributed by atoms with van der Waals surface area (Å²) in [7, 11) is 0. The van der Waals surface area contributed by atoms with Crippen LogP contribution in [0.15, 0.2) is 0 Å². The average molecular weight is 723 g/mol. The second-order valence-electron chi connectivity index (χ2n) is 18.9. The second kappa shape index (κ2) is 23.2. The van der Waals surface area contributed by atoms with Crippen LogP contribution in [-0.2, 0) is 14.4 Å². The normalized spacial score (nSPS) is 21.9. The molecule has 0 bridgehead atoms. The molecule has 4 rings (SSSR count). The van der Waals surface area contributed by atoms with E-state index in [0.29, 0.717) is 48.1 Å². The number of Topliss-reactive ketones (excluding diaryl/α,β-unsaturated/α-hetero) is 3. The van der Waals surface area contributed by atoms with E-state index in [1.165, 1.54) is 128 Å². The molecule has 0 aromatic carbocycles. The third-order valence-electron chi connectivity index (χ3n) is 15.7. The molecule has 0 spiro atoms. The van der Waals surface area contributed by atoms with Gasteiger partial charge in [0.25, 0.3) is 0 Å². The Morgan fingerprint density at radius 1 is 0.423 bits per heavy atom. The number of carbonyl (C=O) groups excluding carboxylic acids is 3. The lowest BCUT2D eigenvalue weighted by atomic mass is 9.45. The van der Waals surface area contributed by atoms with Crippen LogP contribution in [0, 0.1) is 46.3 Å². The first-order valence-electron chi connectivity index (χ1n) is 24.0. The predicted molar refractivity (Wildman–Crippen MR) is 221 cm³/mol. The summed E-state index contributed by atoms with van der Waals surface area (Å²) >= 11 is 0. The molecule has 0 aromatic rings. The molecule has 0 heterocycles. The summed E-state index contributed by atoms with van der Waals surface area (Å²) in [5, 5.41) is 0. The predicted octanol–water partition coefficient (Wildman–Crippen LogP) is 14.8. The van der Waals surface area contributed by atoms with Crippen molar-refractivity contribution < 1.29 is 14.4 Å². The molecule has 0 aliphatic heterocycles. The van der Waals surface area contributed by atoms with Crippen molar-refractivity contribution in [2.75, 3.05) is 0 Å². The molecule has 2 atom stereocenters. The first-order valence-corrected chi connectivity index (χ1v) is 24.0. The van der Waals surface area contributed by atoms with Crippen LogP contribution < -0.4 is 0 Å². The highest BCUT2D eigenvalue weighted by Gasteiger charge is 2.61. The van der Waals surface area contributed by atoms with Gasteiger partial charge in [0.15, 0.2) is 0 Å². The van der Waals surface area contributed by atoms with E-state index in [1.54, 1.807) is 0 Å². The molecule has 300 valence electrons. The topological polar surface area (TPSA) is 51.2 Å². The first kappa shape index (κ1) is 43.7. The molecule has 52 heavy (non-hydrogen) atoms. The summed E-state index contributed by atoms with van der Waals surface area (Å²) in [6, 6.07) is 0. The molecule has 4 saturated carbocycles. The molecule has 3 heteroatoms. The van der Waals surface area contributed by atoms with Crippen LogP contribution in [0.3, 0.4) is 0 Å². The van der Waals surface area contributed by atoms with Crippen molar-refractivity contribution in [1.82, 2.24) is 0 Å². The third-order valence-corrected chi connectivity index (χ3v) is 15.7. The van der Waals surface area contributed by atoms with E-state index in [-0.39, 0.29) is 22.7 Å². The summed E-state index contributed by atoms with van der Waals surface area (Å²) in [6.45, 7) is 8.92. The van der Waals surface area contributed by atoms with Gasteiger partial charge in [-0.2, -0.15) is 0 Å². The number of carbonyl (C=O) groups is 3. The SMILES string of the molecule is CCCCC(=O)C(CCC)CCC(C(=O)C(CCC(CCC)C(=O)CCCC)(C1CCCCC1)C1CCCCC1)(C1CCCCC1)C1CCCCC1. The fraction of sp³-hybridized carbons (Fsp3) is 0.939. The number of hydrogen-bond acceptors (Lipinski definition) is 3. The molecule has 0 amide bonds. The van der Waals surface area contributed by atoms with Crippen molar-refractivity contribution in [3.05, 3.63) is 0 Å². The van der Waals surface area contributed by atoms with E-state index in [9.17, 15) is 9.59 Å². The molecule has 4 aliphatic carbocycles. The second-order valence-corrected chi connectivity index (χ2v) is 18.9. The summed E-state index contributed by atoms with van der Waals surface area (Å²) in [5.74, 6) is 3.78. The number of rotatable bonds is 24. The van der Waals surface area contributed by atoms with Crippen molar-refractivity contribution in [3.63, 3.8) is 0 Å². The van der Waals surface area contributed by atoms with Crippen LogP contribution in [0.2, 0.25) is 0 Å². The van der Waals surface area contributed by atoms with E-state index in [1.807, 2.05) is 0 Å². The van der Waals surface area contributed by atoms with Gasteiger partial charge >= 0.3 is 0 Å². The Morgan fingerprint density at radius 3 is 0.962 bits per heavy atom. The van der Waals surface area contributed by atoms with Gasteiger partial charge in [0.05, 0.1) is 0 Å². The van der Waals surface area contributed by atoms with Gasteiger partial charge < -0.3 is 0 Å². The van der Waals surface area contributed by atoms with Crippen molar-refractivity contribution >= 4 is 17.3 Å². The molecule has 4 fully saturated rings. The van der Waals surface area contributed by atoms with Crippen LogP contribution in [0.4, 0.5) is 0 Å². The van der Waals surface area contributed by atoms with E-state index in [0.717, 1.165) is 82.8 Å². The smallest absolute Gasteiger partial charge is 0.146 e. The van der Waals surface area contributed by atoms with E-state index >= 15 is 4.79 Å². The first-order chi connectivity index (χ1) is 25.4. The molecule has 0 N–H and O–H groups in total. The Balaban J connectivity index is 1.88. The fourth-order valence-electron chi connectivity index (χ4n) is 12.9. The minimum absolute atomic E-state index is 0.111. The Morgan fingerprint density at radius 2 is 0.712 bits per heavy atom. The maximum atomic E-state index is 17.1. The zero-order valence-electron chi connectivity index (χ0n) is 35.2. The molecule has 4 aliphatic rings. The zero-order valence-corrected chi connectivity index (χ0v) is 35.2. The van der Waals surface area contributed by atoms with Gasteiger partial charge in [-0.3, -0.25) is 14.4 Å². The Labute approximate surface area is 323 Å². The lowest BCUT2D eigenvalue weighted by Crippen LogP contribution is -2.58. The third kappa shape index (κ3) is 11.1. The van der Waals surface area contributed by atoms with Gasteiger partial charge in [0.1, 0.15) is 17.3 Å².